The smallest absolute Gasteiger partial charge is 0.339 e. The Kier molecular flexibility index (Phi) is 4.12. The van der Waals surface area contributed by atoms with E-state index in [-0.39, 0.29) is 6.54 Å². The second-order valence-corrected chi connectivity index (χ2v) is 4.94. The Morgan fingerprint density at radius 1 is 1.29 bits per heavy atom. The van der Waals surface area contributed by atoms with E-state index in [2.05, 4.69) is 14.8 Å². The van der Waals surface area contributed by atoms with Crippen LogP contribution in [0.2, 0.25) is 0 Å². The summed E-state index contributed by atoms with van der Waals surface area (Å²) in [7, 11) is 2.91. The molecule has 2 aromatic heterocycles. The molecule has 0 atom stereocenters. The minimum Gasteiger partial charge on any atom is -0.497 e. The van der Waals surface area contributed by atoms with Crippen molar-refractivity contribution in [1.82, 2.24) is 14.5 Å². The van der Waals surface area contributed by atoms with E-state index in [4.69, 9.17) is 16.0 Å². The monoisotopic (exact) mass is 322 g/mol. The van der Waals surface area contributed by atoms with Gasteiger partial charge in [-0.2, -0.15) is 0 Å². The predicted octanol–water partition coefficient (Wildman–Crippen LogP) is 2.63. The van der Waals surface area contributed by atoms with Gasteiger partial charge in [-0.15, -0.1) is 0 Å². The molecule has 0 saturated heterocycles. The SMILES string of the molecule is [C-]#[N+]Cc1nc2cc(C(=O)OC)cnc2n1-c1ccc(OC)cc1. The molecule has 0 saturated carbocycles. The van der Waals surface area contributed by atoms with E-state index in [0.717, 1.165) is 11.4 Å². The lowest BCUT2D eigenvalue weighted by atomic mass is 10.2. The number of methoxy groups -OCH3 is 2. The zero-order valence-electron chi connectivity index (χ0n) is 13.2. The standard InChI is InChI=1S/C17H14N4O3/c1-18-10-15-20-14-8-11(17(22)24-3)9-19-16(14)21(15)12-4-6-13(23-2)7-5-12/h4-9H,10H2,2-3H3. The number of aromatic nitrogens is 3. The number of hydrogen-bond donors (Lipinski definition) is 0. The van der Waals surface area contributed by atoms with Crippen LogP contribution in [0.15, 0.2) is 36.5 Å². The third-order valence-corrected chi connectivity index (χ3v) is 3.54. The van der Waals surface area contributed by atoms with E-state index in [1.807, 2.05) is 24.3 Å². The van der Waals surface area contributed by atoms with Crippen LogP contribution >= 0.6 is 0 Å². The van der Waals surface area contributed by atoms with E-state index < -0.39 is 5.97 Å². The van der Waals surface area contributed by atoms with E-state index in [1.54, 1.807) is 17.7 Å². The van der Waals surface area contributed by atoms with Gasteiger partial charge in [0.2, 0.25) is 0 Å². The summed E-state index contributed by atoms with van der Waals surface area (Å²) in [5, 5.41) is 0. The number of imidazole rings is 1. The molecule has 1 aromatic carbocycles. The molecule has 7 heteroatoms. The van der Waals surface area contributed by atoms with Gasteiger partial charge in [0.05, 0.1) is 19.8 Å². The summed E-state index contributed by atoms with van der Waals surface area (Å²) in [5.74, 6) is 0.811. The van der Waals surface area contributed by atoms with Crippen molar-refractivity contribution in [3.05, 3.63) is 59.3 Å². The number of rotatable bonds is 4. The summed E-state index contributed by atoms with van der Waals surface area (Å²) < 4.78 is 11.7. The zero-order chi connectivity index (χ0) is 17.1. The van der Waals surface area contributed by atoms with Gasteiger partial charge in [0, 0.05) is 11.9 Å². The largest absolute Gasteiger partial charge is 0.497 e. The maximum absolute atomic E-state index is 11.7. The second-order valence-electron chi connectivity index (χ2n) is 4.94. The molecule has 0 aliphatic rings. The number of esters is 1. The number of nitrogens with zero attached hydrogens (tertiary/aromatic N) is 4. The molecule has 7 nitrogen and oxygen atoms in total. The van der Waals surface area contributed by atoms with Crippen LogP contribution in [0.4, 0.5) is 0 Å². The topological polar surface area (TPSA) is 70.6 Å². The lowest BCUT2D eigenvalue weighted by Crippen LogP contribution is -2.03. The number of hydrogen-bond acceptors (Lipinski definition) is 5. The van der Waals surface area contributed by atoms with E-state index in [0.29, 0.717) is 22.6 Å². The van der Waals surface area contributed by atoms with Crippen molar-refractivity contribution in [3.63, 3.8) is 0 Å². The lowest BCUT2D eigenvalue weighted by molar-refractivity contribution is 0.0600. The maximum atomic E-state index is 11.7. The Hall–Kier alpha value is -3.40. The average molecular weight is 322 g/mol. The van der Waals surface area contributed by atoms with Crippen molar-refractivity contribution in [2.24, 2.45) is 0 Å². The first-order valence-corrected chi connectivity index (χ1v) is 7.11. The molecular formula is C17H14N4O3. The van der Waals surface area contributed by atoms with Crippen molar-refractivity contribution < 1.29 is 14.3 Å². The summed E-state index contributed by atoms with van der Waals surface area (Å²) >= 11 is 0. The van der Waals surface area contributed by atoms with E-state index >= 15 is 0 Å². The predicted molar refractivity (Wildman–Crippen MR) is 87.1 cm³/mol. The fourth-order valence-corrected chi connectivity index (χ4v) is 2.42. The van der Waals surface area contributed by atoms with Gasteiger partial charge >= 0.3 is 5.97 Å². The zero-order valence-corrected chi connectivity index (χ0v) is 13.2. The first-order valence-electron chi connectivity index (χ1n) is 7.11. The molecule has 0 aliphatic carbocycles. The summed E-state index contributed by atoms with van der Waals surface area (Å²) in [6.07, 6.45) is 1.44. The Morgan fingerprint density at radius 2 is 2.04 bits per heavy atom. The Labute approximate surface area is 138 Å². The third-order valence-electron chi connectivity index (χ3n) is 3.54. The summed E-state index contributed by atoms with van der Waals surface area (Å²) in [5.41, 5.74) is 2.24. The van der Waals surface area contributed by atoms with Crippen LogP contribution in [0.25, 0.3) is 21.7 Å². The quantitative estimate of drug-likeness (QED) is 0.545. The first kappa shape index (κ1) is 15.5. The molecular weight excluding hydrogens is 308 g/mol. The summed E-state index contributed by atoms with van der Waals surface area (Å²) in [4.78, 5) is 23.9. The average Bonchev–Trinajstić information content (AvgIpc) is 2.98. The molecule has 0 aliphatic heterocycles. The molecule has 0 amide bonds. The molecule has 3 rings (SSSR count). The molecule has 2 heterocycles. The normalized spacial score (nSPS) is 10.4. The number of fused-ring (bicyclic) bond motifs is 1. The highest BCUT2D eigenvalue weighted by Crippen LogP contribution is 2.23. The molecule has 0 bridgehead atoms. The fraction of sp³-hybridized carbons (Fsp3) is 0.176. The van der Waals surface area contributed by atoms with E-state index in [1.165, 1.54) is 13.3 Å². The molecule has 0 fully saturated rings. The van der Waals surface area contributed by atoms with Gasteiger partial charge in [0.25, 0.3) is 6.54 Å². The Morgan fingerprint density at radius 3 is 2.67 bits per heavy atom. The number of benzene rings is 1. The van der Waals surface area contributed by atoms with Crippen molar-refractivity contribution in [3.8, 4) is 11.4 Å². The Bertz CT molecular complexity index is 939. The van der Waals surface area contributed by atoms with Crippen molar-refractivity contribution in [2.75, 3.05) is 14.2 Å². The van der Waals surface area contributed by atoms with Gasteiger partial charge in [-0.05, 0) is 30.3 Å². The van der Waals surface area contributed by atoms with Crippen LogP contribution in [0, 0.1) is 6.57 Å². The van der Waals surface area contributed by atoms with Crippen LogP contribution in [-0.2, 0) is 11.3 Å². The highest BCUT2D eigenvalue weighted by molar-refractivity contribution is 5.92. The summed E-state index contributed by atoms with van der Waals surface area (Å²) in [6, 6.07) is 8.99. The number of ether oxygens (including phenoxy) is 2. The van der Waals surface area contributed by atoms with Gasteiger partial charge in [0.1, 0.15) is 11.3 Å². The number of pyridine rings is 1. The van der Waals surface area contributed by atoms with Gasteiger partial charge in [-0.3, -0.25) is 4.57 Å². The number of carbonyl (C=O) groups excluding carboxylic acids is 1. The van der Waals surface area contributed by atoms with Gasteiger partial charge < -0.3 is 14.3 Å². The highest BCUT2D eigenvalue weighted by atomic mass is 16.5. The van der Waals surface area contributed by atoms with Crippen LogP contribution in [0.3, 0.4) is 0 Å². The van der Waals surface area contributed by atoms with Crippen molar-refractivity contribution in [1.29, 1.82) is 0 Å². The summed E-state index contributed by atoms with van der Waals surface area (Å²) in [6.45, 7) is 7.24. The molecule has 3 aromatic rings. The second kappa shape index (κ2) is 6.38. The van der Waals surface area contributed by atoms with Crippen LogP contribution in [0.5, 0.6) is 5.75 Å². The number of carbonyl (C=O) groups is 1. The minimum atomic E-state index is -0.477. The minimum absolute atomic E-state index is 0.107. The molecule has 0 unspecified atom stereocenters. The highest BCUT2D eigenvalue weighted by Gasteiger charge is 2.17. The molecule has 0 N–H and O–H groups in total. The Balaban J connectivity index is 2.18. The fourth-order valence-electron chi connectivity index (χ4n) is 2.42. The van der Waals surface area contributed by atoms with Crippen LogP contribution in [-0.4, -0.2) is 34.7 Å². The van der Waals surface area contributed by atoms with Gasteiger partial charge in [-0.1, -0.05) is 0 Å². The van der Waals surface area contributed by atoms with E-state index in [9.17, 15) is 4.79 Å². The van der Waals surface area contributed by atoms with Crippen LogP contribution < -0.4 is 4.74 Å². The lowest BCUT2D eigenvalue weighted by Gasteiger charge is -2.07. The maximum Gasteiger partial charge on any atom is 0.339 e. The van der Waals surface area contributed by atoms with Crippen molar-refractivity contribution in [2.45, 2.75) is 6.54 Å². The van der Waals surface area contributed by atoms with Crippen LogP contribution in [0.1, 0.15) is 16.2 Å². The first-order chi connectivity index (χ1) is 11.7. The van der Waals surface area contributed by atoms with Gasteiger partial charge in [0.15, 0.2) is 11.5 Å². The molecule has 120 valence electrons. The molecule has 0 spiro atoms. The molecule has 0 radical (unpaired) electrons. The van der Waals surface area contributed by atoms with Crippen molar-refractivity contribution >= 4 is 17.1 Å². The third kappa shape index (κ3) is 2.65. The van der Waals surface area contributed by atoms with Gasteiger partial charge in [-0.25, -0.2) is 21.3 Å². The molecule has 24 heavy (non-hydrogen) atoms.